The number of benzene rings is 2. The maximum Gasteiger partial charge on any atom is 0.244 e. The molecule has 0 heterocycles. The van der Waals surface area contributed by atoms with E-state index in [1.807, 2.05) is 44.2 Å². The van der Waals surface area contributed by atoms with Crippen molar-refractivity contribution in [3.63, 3.8) is 0 Å². The van der Waals surface area contributed by atoms with Crippen LogP contribution in [0, 0.1) is 0 Å². The van der Waals surface area contributed by atoms with Gasteiger partial charge in [0.2, 0.25) is 5.91 Å². The van der Waals surface area contributed by atoms with Crippen molar-refractivity contribution in [2.45, 2.75) is 26.4 Å². The van der Waals surface area contributed by atoms with E-state index in [-0.39, 0.29) is 18.4 Å². The first-order chi connectivity index (χ1) is 12.0. The minimum Gasteiger partial charge on any atom is -0.497 e. The summed E-state index contributed by atoms with van der Waals surface area (Å²) in [5.41, 5.74) is 4.15. The molecule has 0 aliphatic carbocycles. The number of carbonyl (C=O) groups is 1. The Labute approximate surface area is 152 Å². The van der Waals surface area contributed by atoms with Crippen molar-refractivity contribution in [2.75, 3.05) is 7.11 Å². The monoisotopic (exact) mass is 360 g/mol. The van der Waals surface area contributed by atoms with Crippen LogP contribution in [0.3, 0.4) is 0 Å². The van der Waals surface area contributed by atoms with Crippen LogP contribution in [0.5, 0.6) is 11.5 Å². The molecule has 25 heavy (non-hydrogen) atoms. The number of halogens is 1. The number of amides is 1. The fourth-order valence-corrected chi connectivity index (χ4v) is 2.33. The number of rotatable bonds is 7. The van der Waals surface area contributed by atoms with E-state index in [4.69, 9.17) is 21.1 Å². The van der Waals surface area contributed by atoms with Gasteiger partial charge in [-0.15, -0.1) is 0 Å². The van der Waals surface area contributed by atoms with Gasteiger partial charge in [-0.1, -0.05) is 23.7 Å². The maximum absolute atomic E-state index is 11.9. The van der Waals surface area contributed by atoms with Crippen LogP contribution in [-0.4, -0.2) is 25.3 Å². The van der Waals surface area contributed by atoms with Gasteiger partial charge < -0.3 is 9.47 Å². The Balaban J connectivity index is 1.89. The molecule has 0 bridgehead atoms. The number of nitrogens with one attached hydrogen (secondary N) is 1. The van der Waals surface area contributed by atoms with Gasteiger partial charge in [-0.2, -0.15) is 5.10 Å². The number of ether oxygens (including phenoxy) is 2. The van der Waals surface area contributed by atoms with Crippen LogP contribution in [0.25, 0.3) is 0 Å². The van der Waals surface area contributed by atoms with Crippen molar-refractivity contribution in [3.8, 4) is 11.5 Å². The highest BCUT2D eigenvalue weighted by Gasteiger charge is 2.05. The van der Waals surface area contributed by atoms with Crippen molar-refractivity contribution in [3.05, 3.63) is 58.6 Å². The Kier molecular flexibility index (Phi) is 6.83. The van der Waals surface area contributed by atoms with E-state index in [9.17, 15) is 4.79 Å². The molecule has 2 aromatic rings. The Morgan fingerprint density at radius 2 is 1.96 bits per heavy atom. The molecular weight excluding hydrogens is 340 g/mol. The summed E-state index contributed by atoms with van der Waals surface area (Å²) in [5, 5.41) is 4.46. The summed E-state index contributed by atoms with van der Waals surface area (Å²) in [4.78, 5) is 11.9. The van der Waals surface area contributed by atoms with E-state index in [1.165, 1.54) is 6.21 Å². The Hall–Kier alpha value is -2.53. The number of methoxy groups -OCH3 is 1. The summed E-state index contributed by atoms with van der Waals surface area (Å²) in [6.07, 6.45) is 1.83. The zero-order valence-corrected chi connectivity index (χ0v) is 15.2. The molecule has 2 rings (SSSR count). The Morgan fingerprint density at radius 3 is 2.56 bits per heavy atom. The SMILES string of the molecule is COc1ccc(CC(=O)N/N=C\c2ccc(OC(C)C)c(Cl)c2)cc1. The van der Waals surface area contributed by atoms with Crippen LogP contribution in [0.15, 0.2) is 47.6 Å². The molecule has 0 aromatic heterocycles. The van der Waals surface area contributed by atoms with E-state index in [0.29, 0.717) is 10.8 Å². The quantitative estimate of drug-likeness (QED) is 0.603. The lowest BCUT2D eigenvalue weighted by Crippen LogP contribution is -2.19. The minimum absolute atomic E-state index is 0.0502. The van der Waals surface area contributed by atoms with Gasteiger partial charge in [-0.25, -0.2) is 5.43 Å². The van der Waals surface area contributed by atoms with Crippen LogP contribution in [0.2, 0.25) is 5.02 Å². The van der Waals surface area contributed by atoms with Crippen molar-refractivity contribution in [1.29, 1.82) is 0 Å². The lowest BCUT2D eigenvalue weighted by molar-refractivity contribution is -0.120. The second-order valence-electron chi connectivity index (χ2n) is 5.67. The van der Waals surface area contributed by atoms with E-state index in [0.717, 1.165) is 16.9 Å². The van der Waals surface area contributed by atoms with Gasteiger partial charge in [0, 0.05) is 0 Å². The molecule has 5 nitrogen and oxygen atoms in total. The Bertz CT molecular complexity index is 743. The highest BCUT2D eigenvalue weighted by atomic mass is 35.5. The molecule has 0 aliphatic heterocycles. The third-order valence-electron chi connectivity index (χ3n) is 3.25. The van der Waals surface area contributed by atoms with Crippen molar-refractivity contribution >= 4 is 23.7 Å². The summed E-state index contributed by atoms with van der Waals surface area (Å²) >= 11 is 6.16. The topological polar surface area (TPSA) is 59.9 Å². The second-order valence-corrected chi connectivity index (χ2v) is 6.08. The average Bonchev–Trinajstić information content (AvgIpc) is 2.57. The van der Waals surface area contributed by atoms with Gasteiger partial charge in [0.15, 0.2) is 0 Å². The molecule has 0 unspecified atom stereocenters. The summed E-state index contributed by atoms with van der Waals surface area (Å²) in [5.74, 6) is 1.17. The molecule has 0 spiro atoms. The molecule has 1 N–H and O–H groups in total. The van der Waals surface area contributed by atoms with Crippen molar-refractivity contribution in [2.24, 2.45) is 5.10 Å². The number of hydrogen-bond donors (Lipinski definition) is 1. The lowest BCUT2D eigenvalue weighted by atomic mass is 10.1. The fourth-order valence-electron chi connectivity index (χ4n) is 2.09. The van der Waals surface area contributed by atoms with Crippen LogP contribution < -0.4 is 14.9 Å². The Morgan fingerprint density at radius 1 is 1.24 bits per heavy atom. The molecule has 0 atom stereocenters. The molecule has 0 aliphatic rings. The first kappa shape index (κ1) is 18.8. The van der Waals surface area contributed by atoms with Crippen molar-refractivity contribution in [1.82, 2.24) is 5.43 Å². The molecule has 1 amide bonds. The van der Waals surface area contributed by atoms with Gasteiger partial charge in [-0.3, -0.25) is 4.79 Å². The van der Waals surface area contributed by atoms with Gasteiger partial charge in [-0.05, 0) is 55.3 Å². The maximum atomic E-state index is 11.9. The highest BCUT2D eigenvalue weighted by molar-refractivity contribution is 6.32. The molecule has 6 heteroatoms. The van der Waals surface area contributed by atoms with Crippen LogP contribution in [-0.2, 0) is 11.2 Å². The lowest BCUT2D eigenvalue weighted by Gasteiger charge is -2.11. The molecule has 0 saturated carbocycles. The van der Waals surface area contributed by atoms with Crippen LogP contribution in [0.4, 0.5) is 0 Å². The first-order valence-electron chi connectivity index (χ1n) is 7.89. The minimum atomic E-state index is -0.202. The molecule has 0 fully saturated rings. The summed E-state index contributed by atoms with van der Waals surface area (Å²) in [6.45, 7) is 3.87. The number of hydrazone groups is 1. The molecule has 2 aromatic carbocycles. The smallest absolute Gasteiger partial charge is 0.244 e. The molecule has 0 saturated heterocycles. The van der Waals surface area contributed by atoms with Crippen LogP contribution in [0.1, 0.15) is 25.0 Å². The summed E-state index contributed by atoms with van der Waals surface area (Å²) < 4.78 is 10.7. The zero-order chi connectivity index (χ0) is 18.2. The van der Waals surface area contributed by atoms with Gasteiger partial charge in [0.05, 0.1) is 30.9 Å². The first-order valence-corrected chi connectivity index (χ1v) is 8.26. The van der Waals surface area contributed by atoms with Gasteiger partial charge in [0.1, 0.15) is 11.5 Å². The van der Waals surface area contributed by atoms with Gasteiger partial charge >= 0.3 is 0 Å². The van der Waals surface area contributed by atoms with Crippen LogP contribution >= 0.6 is 11.6 Å². The summed E-state index contributed by atoms with van der Waals surface area (Å²) in [6, 6.07) is 12.7. The summed E-state index contributed by atoms with van der Waals surface area (Å²) in [7, 11) is 1.60. The van der Waals surface area contributed by atoms with E-state index < -0.39 is 0 Å². The third kappa shape index (κ3) is 6.12. The molecule has 0 radical (unpaired) electrons. The number of carbonyl (C=O) groups excluding carboxylic acids is 1. The third-order valence-corrected chi connectivity index (χ3v) is 3.54. The van der Waals surface area contributed by atoms with Gasteiger partial charge in [0.25, 0.3) is 0 Å². The van der Waals surface area contributed by atoms with E-state index >= 15 is 0 Å². The fraction of sp³-hybridized carbons (Fsp3) is 0.263. The molecular formula is C19H21ClN2O3. The predicted octanol–water partition coefficient (Wildman–Crippen LogP) is 3.83. The average molecular weight is 361 g/mol. The number of nitrogens with zero attached hydrogens (tertiary/aromatic N) is 1. The standard InChI is InChI=1S/C19H21ClN2O3/c1-13(2)25-18-9-6-15(10-17(18)20)12-21-22-19(23)11-14-4-7-16(24-3)8-5-14/h4-10,12-13H,11H2,1-3H3,(H,22,23)/b21-12-. The highest BCUT2D eigenvalue weighted by Crippen LogP contribution is 2.25. The normalized spacial score (nSPS) is 10.9. The van der Waals surface area contributed by atoms with E-state index in [2.05, 4.69) is 10.5 Å². The largest absolute Gasteiger partial charge is 0.497 e. The van der Waals surface area contributed by atoms with Crippen molar-refractivity contribution < 1.29 is 14.3 Å². The molecule has 132 valence electrons. The number of hydrogen-bond acceptors (Lipinski definition) is 4. The zero-order valence-electron chi connectivity index (χ0n) is 14.5. The second kappa shape index (κ2) is 9.08. The van der Waals surface area contributed by atoms with E-state index in [1.54, 1.807) is 19.2 Å². The predicted molar refractivity (Wildman–Crippen MR) is 99.7 cm³/mol.